The van der Waals surface area contributed by atoms with Gasteiger partial charge in [-0.1, -0.05) is 51.1 Å². The maximum absolute atomic E-state index is 14.2. The Morgan fingerprint density at radius 2 is 1.86 bits per heavy atom. The zero-order valence-corrected chi connectivity index (χ0v) is 25.0. The number of aromatic nitrogens is 1. The first kappa shape index (κ1) is 26.0. The summed E-state index contributed by atoms with van der Waals surface area (Å²) in [4.78, 5) is 40.0. The number of rotatable bonds is 5. The topological polar surface area (TPSA) is 112 Å². The Bertz CT molecular complexity index is 1730. The molecule has 3 aliphatic carbocycles. The molecule has 10 atom stereocenters. The van der Waals surface area contributed by atoms with Crippen molar-refractivity contribution in [2.45, 2.75) is 100 Å². The van der Waals surface area contributed by atoms with E-state index in [1.807, 2.05) is 47.0 Å². The maximum atomic E-state index is 14.2. The zero-order valence-electron chi connectivity index (χ0n) is 25.0. The van der Waals surface area contributed by atoms with E-state index >= 15 is 0 Å². The van der Waals surface area contributed by atoms with Crippen LogP contribution in [0, 0.1) is 17.3 Å². The van der Waals surface area contributed by atoms with Crippen LogP contribution in [0.15, 0.2) is 53.6 Å². The normalized spacial score (nSPS) is 44.8. The molecular weight excluding hydrogens is 562 g/mol. The van der Waals surface area contributed by atoms with Crippen LogP contribution in [0.3, 0.4) is 0 Å². The largest absolute Gasteiger partial charge is 0.458 e. The smallest absolute Gasteiger partial charge is 0.334 e. The lowest BCUT2D eigenvalue weighted by Crippen LogP contribution is -2.70. The molecule has 5 aliphatic heterocycles. The van der Waals surface area contributed by atoms with E-state index in [1.54, 1.807) is 0 Å². The summed E-state index contributed by atoms with van der Waals surface area (Å²) in [6, 6.07) is 12.9. The highest BCUT2D eigenvalue weighted by molar-refractivity contribution is 6.08. The van der Waals surface area contributed by atoms with Gasteiger partial charge in [0.2, 0.25) is 5.78 Å². The van der Waals surface area contributed by atoms with Crippen LogP contribution in [-0.4, -0.2) is 70.1 Å². The van der Waals surface area contributed by atoms with Crippen LogP contribution in [0.4, 0.5) is 0 Å². The first-order valence-electron chi connectivity index (χ1n) is 16.1. The van der Waals surface area contributed by atoms with Gasteiger partial charge in [-0.15, -0.1) is 0 Å². The van der Waals surface area contributed by atoms with Crippen LogP contribution in [0.5, 0.6) is 0 Å². The van der Waals surface area contributed by atoms with E-state index in [9.17, 15) is 14.4 Å². The molecule has 9 heteroatoms. The van der Waals surface area contributed by atoms with Gasteiger partial charge in [0.25, 0.3) is 0 Å². The first-order chi connectivity index (χ1) is 21.2. The summed E-state index contributed by atoms with van der Waals surface area (Å²) in [5.41, 5.74) is 1.57. The summed E-state index contributed by atoms with van der Waals surface area (Å²) in [6.07, 6.45) is 1.69. The molecular formula is C35H35NO8. The van der Waals surface area contributed by atoms with Gasteiger partial charge in [-0.2, -0.15) is 0 Å². The molecule has 8 aliphatic rings. The number of nitrogens with zero attached hydrogens (tertiary/aromatic N) is 1. The molecule has 0 N–H and O–H groups in total. The van der Waals surface area contributed by atoms with Crippen LogP contribution in [0.2, 0.25) is 0 Å². The lowest BCUT2D eigenvalue weighted by molar-refractivity contribution is -0.171. The standard InChI is InChI=1S/C35H35NO8/c1-17(2)33-27(43-33)28-35(44-28)32(3)13-11-19-21(16-40-29(19)38)22(32)15-25-34(35,42-25)31(33)41-30(39)20-12-14-36-23(20)9-10-24(36)26(37)18-7-5-4-6-8-18/h4-10,17,20,22,25,27-28,31H,11-16H2,1-3H3. The highest BCUT2D eigenvalue weighted by Gasteiger charge is 3.01. The van der Waals surface area contributed by atoms with Gasteiger partial charge in [0.15, 0.2) is 11.7 Å². The molecule has 2 aromatic rings. The SMILES string of the molecule is CC(C)C12OC1C1OC13C1(C)CCC4=C(COC4=O)C1CC1OC13C2OC(=O)C1CCn2c(C(=O)c3ccccc3)ccc21. The Morgan fingerprint density at radius 1 is 1.05 bits per heavy atom. The highest BCUT2D eigenvalue weighted by atomic mass is 16.8. The number of ketones is 1. The molecule has 1 aromatic carbocycles. The molecule has 228 valence electrons. The Hall–Kier alpha value is -3.27. The van der Waals surface area contributed by atoms with Crippen molar-refractivity contribution in [3.8, 4) is 0 Å². The van der Waals surface area contributed by atoms with Gasteiger partial charge in [-0.25, -0.2) is 4.79 Å². The highest BCUT2D eigenvalue weighted by Crippen LogP contribution is 2.83. The molecule has 0 radical (unpaired) electrons. The lowest BCUT2D eigenvalue weighted by Gasteiger charge is -2.53. The van der Waals surface area contributed by atoms with Crippen molar-refractivity contribution in [1.82, 2.24) is 4.57 Å². The van der Waals surface area contributed by atoms with Gasteiger partial charge in [0.05, 0.1) is 17.7 Å². The Morgan fingerprint density at radius 3 is 2.66 bits per heavy atom. The average molecular weight is 598 g/mol. The minimum Gasteiger partial charge on any atom is -0.458 e. The van der Waals surface area contributed by atoms with Gasteiger partial charge in [0.1, 0.15) is 30.0 Å². The van der Waals surface area contributed by atoms with E-state index < -0.39 is 28.8 Å². The van der Waals surface area contributed by atoms with Crippen LogP contribution in [0.25, 0.3) is 0 Å². The van der Waals surface area contributed by atoms with Gasteiger partial charge in [0, 0.05) is 28.8 Å². The second-order valence-electron chi connectivity index (χ2n) is 14.7. The van der Waals surface area contributed by atoms with Gasteiger partial charge >= 0.3 is 11.9 Å². The third-order valence-corrected chi connectivity index (χ3v) is 12.9. The fourth-order valence-electron chi connectivity index (χ4n) is 10.7. The Labute approximate surface area is 254 Å². The summed E-state index contributed by atoms with van der Waals surface area (Å²) in [5, 5.41) is 0. The lowest BCUT2D eigenvalue weighted by atomic mass is 9.46. The van der Waals surface area contributed by atoms with Gasteiger partial charge in [-0.3, -0.25) is 9.59 Å². The quantitative estimate of drug-likeness (QED) is 0.290. The number of hydrogen-bond donors (Lipinski definition) is 0. The summed E-state index contributed by atoms with van der Waals surface area (Å²) in [5.74, 6) is -0.815. The number of benzene rings is 1. The summed E-state index contributed by atoms with van der Waals surface area (Å²) < 4.78 is 34.3. The second kappa shape index (κ2) is 7.92. The monoisotopic (exact) mass is 597 g/mol. The molecule has 1 aromatic heterocycles. The van der Waals surface area contributed by atoms with Crippen LogP contribution < -0.4 is 0 Å². The van der Waals surface area contributed by atoms with Crippen molar-refractivity contribution in [2.24, 2.45) is 17.3 Å². The van der Waals surface area contributed by atoms with Crippen LogP contribution in [0.1, 0.15) is 74.1 Å². The molecule has 6 heterocycles. The molecule has 0 amide bonds. The zero-order chi connectivity index (χ0) is 30.0. The van der Waals surface area contributed by atoms with E-state index in [-0.39, 0.29) is 53.3 Å². The minimum atomic E-state index is -0.785. The van der Waals surface area contributed by atoms with Crippen molar-refractivity contribution in [1.29, 1.82) is 0 Å². The number of epoxide rings is 3. The first-order valence-corrected chi connectivity index (χ1v) is 16.1. The molecule has 44 heavy (non-hydrogen) atoms. The predicted octanol–water partition coefficient (Wildman–Crippen LogP) is 3.87. The molecule has 10 rings (SSSR count). The number of ether oxygens (including phenoxy) is 5. The van der Waals surface area contributed by atoms with Crippen molar-refractivity contribution in [2.75, 3.05) is 6.61 Å². The van der Waals surface area contributed by atoms with E-state index in [0.717, 1.165) is 29.7 Å². The molecule has 5 fully saturated rings. The van der Waals surface area contributed by atoms with E-state index in [1.165, 1.54) is 0 Å². The number of cyclic esters (lactones) is 1. The van der Waals surface area contributed by atoms with E-state index in [2.05, 4.69) is 20.8 Å². The molecule has 2 spiro atoms. The Kier molecular flexibility index (Phi) is 4.68. The van der Waals surface area contributed by atoms with Crippen LogP contribution in [-0.2, 0) is 39.8 Å². The summed E-state index contributed by atoms with van der Waals surface area (Å²) in [6.45, 7) is 7.45. The van der Waals surface area contributed by atoms with Crippen molar-refractivity contribution < 1.29 is 38.1 Å². The molecule has 3 saturated heterocycles. The molecule has 9 nitrogen and oxygen atoms in total. The fourth-order valence-corrected chi connectivity index (χ4v) is 10.7. The van der Waals surface area contributed by atoms with E-state index in [4.69, 9.17) is 23.7 Å². The maximum Gasteiger partial charge on any atom is 0.334 e. The molecule has 2 saturated carbocycles. The van der Waals surface area contributed by atoms with Crippen molar-refractivity contribution in [3.05, 3.63) is 70.6 Å². The Balaban J connectivity index is 0.997. The number of carbonyl (C=O) groups is 3. The fraction of sp³-hybridized carbons (Fsp3) is 0.571. The third-order valence-electron chi connectivity index (χ3n) is 12.9. The summed E-state index contributed by atoms with van der Waals surface area (Å²) >= 11 is 0. The molecule has 10 unspecified atom stereocenters. The van der Waals surface area contributed by atoms with Crippen LogP contribution >= 0.6 is 0 Å². The third kappa shape index (κ3) is 2.71. The predicted molar refractivity (Wildman–Crippen MR) is 153 cm³/mol. The second-order valence-corrected chi connectivity index (χ2v) is 14.7. The summed E-state index contributed by atoms with van der Waals surface area (Å²) in [7, 11) is 0. The number of esters is 2. The van der Waals surface area contributed by atoms with Gasteiger partial charge < -0.3 is 28.3 Å². The number of fused-ring (bicyclic) bond motifs is 5. The number of carbonyl (C=O) groups excluding carboxylic acids is 3. The van der Waals surface area contributed by atoms with Crippen molar-refractivity contribution in [3.63, 3.8) is 0 Å². The minimum absolute atomic E-state index is 0.0526. The number of hydrogen-bond acceptors (Lipinski definition) is 8. The average Bonchev–Trinajstić information content (AvgIpc) is 3.94. The molecule has 0 bridgehead atoms. The van der Waals surface area contributed by atoms with E-state index in [0.29, 0.717) is 37.3 Å². The van der Waals surface area contributed by atoms with Crippen molar-refractivity contribution >= 4 is 17.7 Å². The van der Waals surface area contributed by atoms with Gasteiger partial charge in [-0.05, 0) is 55.2 Å².